The van der Waals surface area contributed by atoms with Crippen LogP contribution in [-0.4, -0.2) is 24.8 Å². The van der Waals surface area contributed by atoms with Crippen molar-refractivity contribution >= 4 is 62.3 Å². The van der Waals surface area contributed by atoms with Gasteiger partial charge >= 0.3 is 0 Å². The molecule has 0 bridgehead atoms. The highest BCUT2D eigenvalue weighted by Crippen LogP contribution is 2.36. The molecule has 0 saturated carbocycles. The smallest absolute Gasteiger partial charge is 0.283 e. The molecule has 0 aliphatic carbocycles. The van der Waals surface area contributed by atoms with Crippen LogP contribution < -0.4 is 20.3 Å². The SMILES string of the molecule is COc1ccc(C)cc1N1C(=O)C(Cl)=C(Nc2cccc(C(=O)Nc3ccc(Br)cc3)c2)C1=O. The average Bonchev–Trinajstić information content (AvgIpc) is 3.03. The van der Waals surface area contributed by atoms with Crippen molar-refractivity contribution in [2.75, 3.05) is 22.6 Å². The van der Waals surface area contributed by atoms with Crippen LogP contribution in [0.5, 0.6) is 5.75 Å². The normalized spacial score (nSPS) is 13.4. The van der Waals surface area contributed by atoms with Gasteiger partial charge in [0.2, 0.25) is 0 Å². The Morgan fingerprint density at radius 2 is 1.71 bits per heavy atom. The minimum Gasteiger partial charge on any atom is -0.495 e. The van der Waals surface area contributed by atoms with Gasteiger partial charge in [-0.25, -0.2) is 4.90 Å². The third-order valence-electron chi connectivity index (χ3n) is 5.10. The topological polar surface area (TPSA) is 87.7 Å². The fraction of sp³-hybridized carbons (Fsp3) is 0.0800. The summed E-state index contributed by atoms with van der Waals surface area (Å²) in [5.74, 6) is -1.25. The Bertz CT molecular complexity index is 1340. The van der Waals surface area contributed by atoms with Crippen molar-refractivity contribution in [3.05, 3.63) is 93.1 Å². The highest BCUT2D eigenvalue weighted by atomic mass is 79.9. The number of anilines is 3. The monoisotopic (exact) mass is 539 g/mol. The van der Waals surface area contributed by atoms with Crippen molar-refractivity contribution in [1.29, 1.82) is 0 Å². The largest absolute Gasteiger partial charge is 0.495 e. The zero-order chi connectivity index (χ0) is 24.4. The second-order valence-electron chi connectivity index (χ2n) is 7.48. The number of aryl methyl sites for hydroxylation is 1. The lowest BCUT2D eigenvalue weighted by atomic mass is 10.1. The number of carbonyl (C=O) groups is 3. The lowest BCUT2D eigenvalue weighted by molar-refractivity contribution is -0.120. The van der Waals surface area contributed by atoms with Gasteiger partial charge < -0.3 is 15.4 Å². The first kappa shape index (κ1) is 23.5. The lowest BCUT2D eigenvalue weighted by Gasteiger charge is -2.18. The number of carbonyl (C=O) groups excluding carboxylic acids is 3. The molecular weight excluding hydrogens is 522 g/mol. The molecule has 3 amide bonds. The third kappa shape index (κ3) is 4.69. The standard InChI is InChI=1S/C25H19BrClN3O4/c1-14-6-11-20(34-2)19(12-14)30-24(32)21(27)22(25(30)33)28-18-5-3-4-15(13-18)23(31)29-17-9-7-16(26)8-10-17/h3-13,28H,1-2H3,(H,29,31). The van der Waals surface area contributed by atoms with Gasteiger partial charge in [0.05, 0.1) is 12.8 Å². The molecule has 0 aromatic heterocycles. The second-order valence-corrected chi connectivity index (χ2v) is 8.77. The minimum absolute atomic E-state index is 0.0827. The van der Waals surface area contributed by atoms with E-state index < -0.39 is 11.8 Å². The number of hydrogen-bond donors (Lipinski definition) is 2. The summed E-state index contributed by atoms with van der Waals surface area (Å²) in [5, 5.41) is 5.45. The molecule has 4 rings (SSSR count). The minimum atomic E-state index is -0.665. The maximum Gasteiger partial charge on any atom is 0.283 e. The van der Waals surface area contributed by atoms with E-state index in [2.05, 4.69) is 26.6 Å². The molecule has 1 aliphatic heterocycles. The molecule has 7 nitrogen and oxygen atoms in total. The average molecular weight is 541 g/mol. The number of rotatable bonds is 6. The summed E-state index contributed by atoms with van der Waals surface area (Å²) in [6, 6.07) is 18.9. The number of amides is 3. The molecule has 1 aliphatic rings. The molecule has 0 radical (unpaired) electrons. The first-order valence-corrected chi connectivity index (χ1v) is 11.3. The first-order chi connectivity index (χ1) is 16.3. The number of ether oxygens (including phenoxy) is 1. The fourth-order valence-electron chi connectivity index (χ4n) is 3.42. The van der Waals surface area contributed by atoms with Crippen LogP contribution in [0.25, 0.3) is 0 Å². The Balaban J connectivity index is 1.56. The summed E-state index contributed by atoms with van der Waals surface area (Å²) in [7, 11) is 1.46. The molecule has 0 atom stereocenters. The molecule has 34 heavy (non-hydrogen) atoms. The van der Waals surface area contributed by atoms with Gasteiger partial charge in [0, 0.05) is 21.4 Å². The van der Waals surface area contributed by atoms with Crippen molar-refractivity contribution in [2.24, 2.45) is 0 Å². The van der Waals surface area contributed by atoms with E-state index in [1.165, 1.54) is 7.11 Å². The van der Waals surface area contributed by atoms with Crippen LogP contribution in [0.2, 0.25) is 0 Å². The molecule has 172 valence electrons. The zero-order valence-electron chi connectivity index (χ0n) is 18.2. The molecule has 3 aromatic carbocycles. The van der Waals surface area contributed by atoms with Gasteiger partial charge in [-0.05, 0) is 67.1 Å². The summed E-state index contributed by atoms with van der Waals surface area (Å²) in [6.07, 6.45) is 0. The summed E-state index contributed by atoms with van der Waals surface area (Å²) >= 11 is 9.61. The van der Waals surface area contributed by atoms with Gasteiger partial charge in [0.15, 0.2) is 0 Å². The second kappa shape index (κ2) is 9.70. The van der Waals surface area contributed by atoms with Crippen LogP contribution in [0.1, 0.15) is 15.9 Å². The Morgan fingerprint density at radius 3 is 2.41 bits per heavy atom. The summed E-state index contributed by atoms with van der Waals surface area (Å²) < 4.78 is 6.22. The summed E-state index contributed by atoms with van der Waals surface area (Å²) in [6.45, 7) is 1.84. The summed E-state index contributed by atoms with van der Waals surface area (Å²) in [5.41, 5.74) is 2.49. The Kier molecular flexibility index (Phi) is 6.72. The Labute approximate surface area is 209 Å². The number of nitrogens with zero attached hydrogens (tertiary/aromatic N) is 1. The number of methoxy groups -OCH3 is 1. The van der Waals surface area contributed by atoms with Gasteiger partial charge in [0.25, 0.3) is 17.7 Å². The van der Waals surface area contributed by atoms with Crippen molar-refractivity contribution < 1.29 is 19.1 Å². The van der Waals surface area contributed by atoms with E-state index in [-0.39, 0.29) is 16.6 Å². The number of imide groups is 1. The molecule has 0 unspecified atom stereocenters. The molecule has 0 spiro atoms. The number of halogens is 2. The van der Waals surface area contributed by atoms with E-state index in [4.69, 9.17) is 16.3 Å². The zero-order valence-corrected chi connectivity index (χ0v) is 20.5. The maximum absolute atomic E-state index is 13.2. The number of hydrogen-bond acceptors (Lipinski definition) is 5. The van der Waals surface area contributed by atoms with Crippen LogP contribution in [0, 0.1) is 6.92 Å². The Hall–Kier alpha value is -3.62. The molecule has 9 heteroatoms. The van der Waals surface area contributed by atoms with Crippen LogP contribution in [0.15, 0.2) is 81.9 Å². The van der Waals surface area contributed by atoms with E-state index >= 15 is 0 Å². The van der Waals surface area contributed by atoms with Crippen molar-refractivity contribution in [1.82, 2.24) is 0 Å². The van der Waals surface area contributed by atoms with Crippen molar-refractivity contribution in [3.8, 4) is 5.75 Å². The lowest BCUT2D eigenvalue weighted by Crippen LogP contribution is -2.32. The van der Waals surface area contributed by atoms with E-state index in [1.54, 1.807) is 48.5 Å². The number of nitrogens with one attached hydrogen (secondary N) is 2. The fourth-order valence-corrected chi connectivity index (χ4v) is 3.90. The van der Waals surface area contributed by atoms with Crippen molar-refractivity contribution in [2.45, 2.75) is 6.92 Å². The maximum atomic E-state index is 13.2. The molecule has 3 aromatic rings. The molecular formula is C25H19BrClN3O4. The quantitative estimate of drug-likeness (QED) is 0.406. The highest BCUT2D eigenvalue weighted by Gasteiger charge is 2.40. The van der Waals surface area contributed by atoms with Crippen LogP contribution in [0.3, 0.4) is 0 Å². The van der Waals surface area contributed by atoms with Crippen LogP contribution in [-0.2, 0) is 9.59 Å². The van der Waals surface area contributed by atoms with Gasteiger partial charge in [-0.15, -0.1) is 0 Å². The van der Waals surface area contributed by atoms with Gasteiger partial charge in [-0.2, -0.15) is 0 Å². The molecule has 1 heterocycles. The summed E-state index contributed by atoms with van der Waals surface area (Å²) in [4.78, 5) is 39.7. The van der Waals surface area contributed by atoms with E-state index in [0.717, 1.165) is 14.9 Å². The van der Waals surface area contributed by atoms with E-state index in [0.29, 0.717) is 28.4 Å². The Morgan fingerprint density at radius 1 is 0.971 bits per heavy atom. The van der Waals surface area contributed by atoms with Gasteiger partial charge in [-0.3, -0.25) is 14.4 Å². The molecule has 2 N–H and O–H groups in total. The van der Waals surface area contributed by atoms with Crippen LogP contribution >= 0.6 is 27.5 Å². The van der Waals surface area contributed by atoms with Gasteiger partial charge in [0.1, 0.15) is 16.5 Å². The first-order valence-electron chi connectivity index (χ1n) is 10.2. The predicted octanol–water partition coefficient (Wildman–Crippen LogP) is 5.45. The molecule has 0 fully saturated rings. The highest BCUT2D eigenvalue weighted by molar-refractivity contribution is 9.10. The predicted molar refractivity (Wildman–Crippen MR) is 135 cm³/mol. The third-order valence-corrected chi connectivity index (χ3v) is 5.98. The molecule has 0 saturated heterocycles. The van der Waals surface area contributed by atoms with E-state index in [1.807, 2.05) is 25.1 Å². The van der Waals surface area contributed by atoms with Gasteiger partial charge in [-0.1, -0.05) is 39.7 Å². The number of benzene rings is 3. The van der Waals surface area contributed by atoms with Crippen molar-refractivity contribution in [3.63, 3.8) is 0 Å². The van der Waals surface area contributed by atoms with E-state index in [9.17, 15) is 14.4 Å². The van der Waals surface area contributed by atoms with Crippen LogP contribution in [0.4, 0.5) is 17.1 Å².